The number of halogens is 1. The average molecular weight is 457 g/mol. The van der Waals surface area contributed by atoms with E-state index < -0.39 is 25.9 Å². The lowest BCUT2D eigenvalue weighted by molar-refractivity contribution is 0.254. The number of hydrogen-bond acceptors (Lipinski definition) is 6. The molecular formula is C25H27FN4O3. The number of aromatic nitrogens is 3. The topological polar surface area (TPSA) is 72.5 Å². The number of methoxy groups -OCH3 is 1. The first-order valence-corrected chi connectivity index (χ1v) is 10.6. The van der Waals surface area contributed by atoms with Crippen molar-refractivity contribution in [1.29, 1.82) is 0 Å². The minimum absolute atomic E-state index is 0.0372. The highest BCUT2D eigenvalue weighted by Crippen LogP contribution is 2.37. The van der Waals surface area contributed by atoms with Gasteiger partial charge in [0, 0.05) is 34.7 Å². The molecular weight excluding hydrogens is 423 g/mol. The molecule has 0 bridgehead atoms. The Morgan fingerprint density at radius 2 is 2.00 bits per heavy atom. The maximum atomic E-state index is 15.1. The van der Waals surface area contributed by atoms with Crippen LogP contribution in [0.4, 0.5) is 4.39 Å². The SMILES string of the molecule is [2H]C([2H])Oc1cc2c(Oc3ccc4[nH]c(C)cc4c3F)ncnc2cc1OCCCN1C([2H])([2H])CCC1([2H])[2H]. The first-order valence-electron chi connectivity index (χ1n) is 13.8. The van der Waals surface area contributed by atoms with Gasteiger partial charge in [-0.1, -0.05) is 0 Å². The maximum Gasteiger partial charge on any atom is 0.230 e. The molecule has 3 heterocycles. The zero-order chi connectivity index (χ0) is 27.9. The number of nitrogens with one attached hydrogen (secondary N) is 1. The molecule has 1 fully saturated rings. The highest BCUT2D eigenvalue weighted by Gasteiger charge is 2.17. The number of ether oxygens (including phenoxy) is 3. The highest BCUT2D eigenvalue weighted by molar-refractivity contribution is 5.87. The summed E-state index contributed by atoms with van der Waals surface area (Å²) in [6.45, 7) is -1.41. The number of nitrogens with zero attached hydrogens (tertiary/aromatic N) is 3. The molecule has 0 aliphatic carbocycles. The molecule has 2 aromatic carbocycles. The molecule has 4 aromatic rings. The van der Waals surface area contributed by atoms with Crippen molar-refractivity contribution < 1.29 is 26.8 Å². The van der Waals surface area contributed by atoms with Gasteiger partial charge in [-0.05, 0) is 63.4 Å². The molecule has 0 radical (unpaired) electrons. The average Bonchev–Trinajstić information content (AvgIpc) is 3.34. The fourth-order valence-electron chi connectivity index (χ4n) is 3.80. The van der Waals surface area contributed by atoms with Crippen molar-refractivity contribution in [3.05, 3.63) is 48.2 Å². The molecule has 33 heavy (non-hydrogen) atoms. The molecule has 1 saturated heterocycles. The normalized spacial score (nSPS) is 20.1. The van der Waals surface area contributed by atoms with Crippen LogP contribution < -0.4 is 14.2 Å². The van der Waals surface area contributed by atoms with Crippen molar-refractivity contribution in [2.75, 3.05) is 33.2 Å². The summed E-state index contributed by atoms with van der Waals surface area (Å²) in [4.78, 5) is 12.7. The molecule has 2 aromatic heterocycles. The zero-order valence-electron chi connectivity index (χ0n) is 24.0. The van der Waals surface area contributed by atoms with Crippen LogP contribution in [0.5, 0.6) is 23.1 Å². The Morgan fingerprint density at radius 1 is 1.12 bits per heavy atom. The van der Waals surface area contributed by atoms with Crippen molar-refractivity contribution in [2.45, 2.75) is 26.2 Å². The largest absolute Gasteiger partial charge is 0.493 e. The number of fused-ring (bicyclic) bond motifs is 2. The number of rotatable bonds is 8. The molecule has 0 amide bonds. The van der Waals surface area contributed by atoms with Gasteiger partial charge in [-0.2, -0.15) is 0 Å². The van der Waals surface area contributed by atoms with Crippen LogP contribution in [-0.4, -0.2) is 53.1 Å². The van der Waals surface area contributed by atoms with E-state index in [9.17, 15) is 0 Å². The quantitative estimate of drug-likeness (QED) is 0.366. The van der Waals surface area contributed by atoms with Crippen LogP contribution in [0.2, 0.25) is 0 Å². The Labute approximate surface area is 199 Å². The van der Waals surface area contributed by atoms with Gasteiger partial charge < -0.3 is 24.1 Å². The predicted octanol–water partition coefficient (Wildman–Crippen LogP) is 5.22. The number of hydrogen-bond donors (Lipinski definition) is 1. The van der Waals surface area contributed by atoms with E-state index in [1.54, 1.807) is 12.1 Å². The summed E-state index contributed by atoms with van der Waals surface area (Å²) in [5.74, 6) is -0.290. The van der Waals surface area contributed by atoms with Crippen LogP contribution in [0.25, 0.3) is 21.8 Å². The molecule has 172 valence electrons. The third-order valence-electron chi connectivity index (χ3n) is 5.35. The van der Waals surface area contributed by atoms with Crippen molar-refractivity contribution in [3.8, 4) is 23.1 Å². The molecule has 5 rings (SSSR count). The summed E-state index contributed by atoms with van der Waals surface area (Å²) in [5, 5.41) is 0.730. The summed E-state index contributed by atoms with van der Waals surface area (Å²) in [7, 11) is -1.67. The number of benzene rings is 2. The molecule has 0 spiro atoms. The number of aryl methyl sites for hydroxylation is 1. The van der Waals surface area contributed by atoms with Gasteiger partial charge in [0.05, 0.1) is 27.3 Å². The van der Waals surface area contributed by atoms with E-state index in [0.717, 1.165) is 5.69 Å². The van der Waals surface area contributed by atoms with Crippen molar-refractivity contribution in [2.24, 2.45) is 0 Å². The molecule has 0 unspecified atom stereocenters. The molecule has 7 nitrogen and oxygen atoms in total. The van der Waals surface area contributed by atoms with E-state index in [1.807, 2.05) is 6.92 Å². The van der Waals surface area contributed by atoms with Crippen molar-refractivity contribution >= 4 is 21.8 Å². The Balaban J connectivity index is 1.38. The number of H-pyrrole nitrogens is 1. The lowest BCUT2D eigenvalue weighted by atomic mass is 10.2. The smallest absolute Gasteiger partial charge is 0.230 e. The maximum absolute atomic E-state index is 15.1. The van der Waals surface area contributed by atoms with Gasteiger partial charge in [-0.3, -0.25) is 0 Å². The second-order valence-corrected chi connectivity index (χ2v) is 7.68. The van der Waals surface area contributed by atoms with Gasteiger partial charge >= 0.3 is 0 Å². The molecule has 1 aliphatic heterocycles. The van der Waals surface area contributed by atoms with Crippen LogP contribution in [0, 0.1) is 12.7 Å². The third-order valence-corrected chi connectivity index (χ3v) is 5.35. The van der Waals surface area contributed by atoms with E-state index in [-0.39, 0.29) is 49.1 Å². The van der Waals surface area contributed by atoms with E-state index in [1.165, 1.54) is 29.4 Å². The van der Waals surface area contributed by atoms with Crippen LogP contribution in [0.15, 0.2) is 36.7 Å². The van der Waals surface area contributed by atoms with Crippen LogP contribution in [-0.2, 0) is 0 Å². The second kappa shape index (κ2) is 9.23. The summed E-state index contributed by atoms with van der Waals surface area (Å²) >= 11 is 0. The first kappa shape index (κ1) is 15.4. The first-order chi connectivity index (χ1) is 18.4. The van der Waals surface area contributed by atoms with E-state index >= 15 is 4.39 Å². The fourth-order valence-corrected chi connectivity index (χ4v) is 3.80. The van der Waals surface area contributed by atoms with Gasteiger partial charge in [-0.25, -0.2) is 14.4 Å². The Morgan fingerprint density at radius 3 is 2.85 bits per heavy atom. The van der Waals surface area contributed by atoms with Crippen LogP contribution >= 0.6 is 0 Å². The zero-order valence-corrected chi connectivity index (χ0v) is 18.0. The van der Waals surface area contributed by atoms with Crippen LogP contribution in [0.3, 0.4) is 0 Å². The monoisotopic (exact) mass is 456 g/mol. The summed E-state index contributed by atoms with van der Waals surface area (Å²) in [5.41, 5.74) is 1.83. The Kier molecular flexibility index (Phi) is 4.32. The van der Waals surface area contributed by atoms with Crippen molar-refractivity contribution in [3.63, 3.8) is 0 Å². The number of aromatic amines is 1. The molecule has 0 atom stereocenters. The predicted molar refractivity (Wildman–Crippen MR) is 125 cm³/mol. The minimum atomic E-state index is -1.73. The number of likely N-dealkylation sites (tertiary alicyclic amines) is 1. The standard InChI is InChI=1S/C25H27FN4O3/c1-16-12-17-19(29-16)6-7-21(24(17)26)33-25-18-13-22(31-2)23(14-20(18)27-15-28-25)32-11-5-10-30-8-3-4-9-30/h6-7,12-15,29H,3-5,8-11H2,1-2H3/i2D2,8D2,9D2. The Bertz CT molecular complexity index is 1500. The molecule has 8 heteroatoms. The van der Waals surface area contributed by atoms with Gasteiger partial charge in [-0.15, -0.1) is 0 Å². The lowest BCUT2D eigenvalue weighted by Crippen LogP contribution is -2.21. The summed E-state index contributed by atoms with van der Waals surface area (Å²) in [6.07, 6.45) is 1.81. The van der Waals surface area contributed by atoms with E-state index in [4.69, 9.17) is 22.4 Å². The van der Waals surface area contributed by atoms with Crippen molar-refractivity contribution in [1.82, 2.24) is 19.9 Å². The van der Waals surface area contributed by atoms with Crippen LogP contribution in [0.1, 0.15) is 33.2 Å². The molecule has 1 aliphatic rings. The van der Waals surface area contributed by atoms with E-state index in [2.05, 4.69) is 15.0 Å². The summed E-state index contributed by atoms with van der Waals surface area (Å²) < 4.78 is 79.5. The van der Waals surface area contributed by atoms with Gasteiger partial charge in [0.1, 0.15) is 6.33 Å². The second-order valence-electron chi connectivity index (χ2n) is 7.68. The van der Waals surface area contributed by atoms with Gasteiger partial charge in [0.2, 0.25) is 5.88 Å². The minimum Gasteiger partial charge on any atom is -0.493 e. The lowest BCUT2D eigenvalue weighted by Gasteiger charge is -2.16. The van der Waals surface area contributed by atoms with Gasteiger partial charge in [0.15, 0.2) is 23.1 Å². The third kappa shape index (κ3) is 4.43. The molecule has 1 N–H and O–H groups in total. The molecule has 0 saturated carbocycles. The highest BCUT2D eigenvalue weighted by atomic mass is 19.1. The summed E-state index contributed by atoms with van der Waals surface area (Å²) in [6, 6.07) is 7.87. The van der Waals surface area contributed by atoms with E-state index in [0.29, 0.717) is 28.2 Å². The Hall–Kier alpha value is -3.39. The van der Waals surface area contributed by atoms with Gasteiger partial charge in [0.25, 0.3) is 0 Å². The fraction of sp³-hybridized carbons (Fsp3) is 0.360.